The Hall–Kier alpha value is -2.63. The number of aromatic nitrogens is 2. The molecule has 0 bridgehead atoms. The minimum absolute atomic E-state index is 0.00363. The summed E-state index contributed by atoms with van der Waals surface area (Å²) in [6.45, 7) is 2.98. The predicted octanol–water partition coefficient (Wildman–Crippen LogP) is 1.44. The molecule has 1 aliphatic rings. The molecule has 2 amide bonds. The fourth-order valence-electron chi connectivity index (χ4n) is 2.84. The summed E-state index contributed by atoms with van der Waals surface area (Å²) in [5, 5.41) is 7.10. The normalized spacial score (nSPS) is 18.9. The Morgan fingerprint density at radius 1 is 1.35 bits per heavy atom. The Labute approximate surface area is 135 Å². The van der Waals surface area contributed by atoms with Crippen LogP contribution in [0.3, 0.4) is 0 Å². The van der Waals surface area contributed by atoms with Gasteiger partial charge >= 0.3 is 0 Å². The van der Waals surface area contributed by atoms with Crippen LogP contribution in [0.25, 0.3) is 0 Å². The van der Waals surface area contributed by atoms with E-state index in [1.165, 1.54) is 0 Å². The van der Waals surface area contributed by atoms with Crippen LogP contribution in [-0.2, 0) is 16.1 Å². The third-order valence-corrected chi connectivity index (χ3v) is 3.97. The van der Waals surface area contributed by atoms with Crippen LogP contribution in [0.2, 0.25) is 0 Å². The second-order valence-corrected chi connectivity index (χ2v) is 5.88. The third-order valence-electron chi connectivity index (χ3n) is 3.97. The zero-order valence-electron chi connectivity index (χ0n) is 13.1. The number of carbonyl (C=O) groups excluding carboxylic acids is 2. The number of hydrogen-bond donors (Lipinski definition) is 1. The zero-order chi connectivity index (χ0) is 16.2. The molecule has 2 atom stereocenters. The topological polar surface area (TPSA) is 67.2 Å². The summed E-state index contributed by atoms with van der Waals surface area (Å²) in [5.41, 5.74) is 0.845. The maximum atomic E-state index is 12.4. The molecule has 0 unspecified atom stereocenters. The van der Waals surface area contributed by atoms with Crippen molar-refractivity contribution in [2.45, 2.75) is 25.9 Å². The maximum absolute atomic E-state index is 12.4. The molecule has 0 saturated carbocycles. The highest BCUT2D eigenvalue weighted by atomic mass is 16.2. The van der Waals surface area contributed by atoms with Gasteiger partial charge in [0.2, 0.25) is 11.8 Å². The first kappa shape index (κ1) is 15.3. The second kappa shape index (κ2) is 6.64. The van der Waals surface area contributed by atoms with Gasteiger partial charge in [0.15, 0.2) is 0 Å². The zero-order valence-corrected chi connectivity index (χ0v) is 13.1. The molecule has 1 aromatic heterocycles. The summed E-state index contributed by atoms with van der Waals surface area (Å²) in [4.78, 5) is 26.2. The number of anilines is 1. The average Bonchev–Trinajstić information content (AvgIpc) is 3.17. The van der Waals surface area contributed by atoms with E-state index in [4.69, 9.17) is 0 Å². The van der Waals surface area contributed by atoms with Crippen molar-refractivity contribution in [1.29, 1.82) is 0 Å². The number of nitrogens with zero attached hydrogens (tertiary/aromatic N) is 3. The molecule has 1 aromatic carbocycles. The van der Waals surface area contributed by atoms with Crippen LogP contribution in [0.1, 0.15) is 13.3 Å². The summed E-state index contributed by atoms with van der Waals surface area (Å²) in [7, 11) is 0. The lowest BCUT2D eigenvalue weighted by Crippen LogP contribution is -2.40. The van der Waals surface area contributed by atoms with Gasteiger partial charge in [-0.15, -0.1) is 0 Å². The van der Waals surface area contributed by atoms with Gasteiger partial charge in [-0.2, -0.15) is 5.10 Å². The number of nitrogens with one attached hydrogen (secondary N) is 1. The van der Waals surface area contributed by atoms with E-state index < -0.39 is 0 Å². The molecule has 0 radical (unpaired) electrons. The molecule has 2 heterocycles. The number of benzene rings is 1. The number of hydrogen-bond acceptors (Lipinski definition) is 3. The van der Waals surface area contributed by atoms with Gasteiger partial charge in [0.05, 0.1) is 12.5 Å². The summed E-state index contributed by atoms with van der Waals surface area (Å²) in [6, 6.07) is 11.3. The largest absolute Gasteiger partial charge is 0.351 e. The van der Waals surface area contributed by atoms with E-state index in [1.54, 1.807) is 15.8 Å². The summed E-state index contributed by atoms with van der Waals surface area (Å²) >= 11 is 0. The molecular weight excluding hydrogens is 292 g/mol. The van der Waals surface area contributed by atoms with E-state index in [0.717, 1.165) is 5.69 Å². The fourth-order valence-corrected chi connectivity index (χ4v) is 2.84. The minimum atomic E-state index is -0.303. The summed E-state index contributed by atoms with van der Waals surface area (Å²) in [5.74, 6) is -0.379. The molecule has 0 aliphatic carbocycles. The van der Waals surface area contributed by atoms with E-state index in [1.807, 2.05) is 49.5 Å². The first-order valence-corrected chi connectivity index (χ1v) is 7.76. The van der Waals surface area contributed by atoms with Gasteiger partial charge < -0.3 is 10.2 Å². The Bertz CT molecular complexity index is 669. The molecule has 1 N–H and O–H groups in total. The van der Waals surface area contributed by atoms with Crippen LogP contribution in [0, 0.1) is 5.92 Å². The highest BCUT2D eigenvalue weighted by Crippen LogP contribution is 2.24. The van der Waals surface area contributed by atoms with Crippen molar-refractivity contribution in [3.63, 3.8) is 0 Å². The lowest BCUT2D eigenvalue weighted by molar-refractivity contribution is -0.126. The maximum Gasteiger partial charge on any atom is 0.227 e. The molecule has 1 aliphatic heterocycles. The molecule has 1 fully saturated rings. The highest BCUT2D eigenvalue weighted by Gasteiger charge is 2.35. The molecular formula is C17H20N4O2. The summed E-state index contributed by atoms with van der Waals surface area (Å²) in [6.07, 6.45) is 3.83. The minimum Gasteiger partial charge on any atom is -0.351 e. The Morgan fingerprint density at radius 3 is 2.83 bits per heavy atom. The monoisotopic (exact) mass is 312 g/mol. The smallest absolute Gasteiger partial charge is 0.227 e. The van der Waals surface area contributed by atoms with Crippen molar-refractivity contribution in [2.24, 2.45) is 5.92 Å². The van der Waals surface area contributed by atoms with Crippen LogP contribution in [-0.4, -0.2) is 34.2 Å². The van der Waals surface area contributed by atoms with Crippen molar-refractivity contribution in [3.8, 4) is 0 Å². The number of amides is 2. The van der Waals surface area contributed by atoms with Gasteiger partial charge in [0, 0.05) is 37.1 Å². The van der Waals surface area contributed by atoms with Gasteiger partial charge in [-0.25, -0.2) is 0 Å². The number of para-hydroxylation sites is 1. The lowest BCUT2D eigenvalue weighted by atomic mass is 10.1. The van der Waals surface area contributed by atoms with Crippen LogP contribution in [0.4, 0.5) is 5.69 Å². The Balaban J connectivity index is 1.57. The molecule has 6 heteroatoms. The van der Waals surface area contributed by atoms with Crippen LogP contribution < -0.4 is 10.2 Å². The Morgan fingerprint density at radius 2 is 2.13 bits per heavy atom. The van der Waals surface area contributed by atoms with Crippen molar-refractivity contribution in [3.05, 3.63) is 48.8 Å². The molecule has 23 heavy (non-hydrogen) atoms. The molecule has 6 nitrogen and oxygen atoms in total. The standard InChI is InChI=1S/C17H20N4O2/c1-13(11-20-9-5-8-18-20)19-17(23)14-10-16(22)21(12-14)15-6-3-2-4-7-15/h2-9,13-14H,10-12H2,1H3,(H,19,23)/t13-,14+/m0/s1. The fraction of sp³-hybridized carbons (Fsp3) is 0.353. The number of rotatable bonds is 5. The van der Waals surface area contributed by atoms with Gasteiger partial charge in [-0.1, -0.05) is 18.2 Å². The van der Waals surface area contributed by atoms with Gasteiger partial charge in [-0.3, -0.25) is 14.3 Å². The first-order chi connectivity index (χ1) is 11.1. The van der Waals surface area contributed by atoms with Crippen molar-refractivity contribution in [2.75, 3.05) is 11.4 Å². The van der Waals surface area contributed by atoms with Crippen molar-refractivity contribution >= 4 is 17.5 Å². The van der Waals surface area contributed by atoms with E-state index in [-0.39, 0.29) is 30.2 Å². The van der Waals surface area contributed by atoms with E-state index in [2.05, 4.69) is 10.4 Å². The van der Waals surface area contributed by atoms with Crippen LogP contribution >= 0.6 is 0 Å². The van der Waals surface area contributed by atoms with Gasteiger partial charge in [-0.05, 0) is 25.1 Å². The second-order valence-electron chi connectivity index (χ2n) is 5.88. The van der Waals surface area contributed by atoms with Crippen molar-refractivity contribution in [1.82, 2.24) is 15.1 Å². The molecule has 2 aromatic rings. The van der Waals surface area contributed by atoms with Crippen LogP contribution in [0.5, 0.6) is 0 Å². The lowest BCUT2D eigenvalue weighted by Gasteiger charge is -2.18. The number of carbonyl (C=O) groups is 2. The first-order valence-electron chi connectivity index (χ1n) is 7.76. The molecule has 0 spiro atoms. The van der Waals surface area contributed by atoms with E-state index in [9.17, 15) is 9.59 Å². The molecule has 120 valence electrons. The molecule has 3 rings (SSSR count). The summed E-state index contributed by atoms with van der Waals surface area (Å²) < 4.78 is 1.78. The van der Waals surface area contributed by atoms with Gasteiger partial charge in [0.1, 0.15) is 0 Å². The van der Waals surface area contributed by atoms with Crippen molar-refractivity contribution < 1.29 is 9.59 Å². The average molecular weight is 312 g/mol. The Kier molecular flexibility index (Phi) is 4.41. The predicted molar refractivity (Wildman–Crippen MR) is 86.7 cm³/mol. The quantitative estimate of drug-likeness (QED) is 0.908. The molecule has 1 saturated heterocycles. The van der Waals surface area contributed by atoms with Gasteiger partial charge in [0.25, 0.3) is 0 Å². The van der Waals surface area contributed by atoms with Crippen LogP contribution in [0.15, 0.2) is 48.8 Å². The SMILES string of the molecule is C[C@@H](Cn1cccn1)NC(=O)[C@@H]1CC(=O)N(c2ccccc2)C1. The highest BCUT2D eigenvalue weighted by molar-refractivity contribution is 6.00. The van der Waals surface area contributed by atoms with E-state index in [0.29, 0.717) is 13.1 Å². The van der Waals surface area contributed by atoms with E-state index >= 15 is 0 Å². The third kappa shape index (κ3) is 3.59.